The van der Waals surface area contributed by atoms with E-state index in [2.05, 4.69) is 10.2 Å². The Hall–Kier alpha value is -5.44. The van der Waals surface area contributed by atoms with Gasteiger partial charge in [0.25, 0.3) is 5.91 Å². The van der Waals surface area contributed by atoms with E-state index in [0.717, 1.165) is 10.6 Å². The first-order valence-corrected chi connectivity index (χ1v) is 17.9. The van der Waals surface area contributed by atoms with Crippen molar-refractivity contribution in [1.82, 2.24) is 24.6 Å². The SMILES string of the molecule is CNC(=O)c1c(-c2ccc(F)cc2)oc2cc(N(C)S(C)(=O)=O)c(-c3cc4c(cn3)nc(CN3CC(C)(O)C3)n3c5cccc(F)c5cc43)cc12. The molecule has 11 nitrogen and oxygen atoms in total. The number of pyridine rings is 1. The number of furan rings is 1. The topological polar surface area (TPSA) is 133 Å². The van der Waals surface area contributed by atoms with E-state index in [4.69, 9.17) is 14.4 Å². The lowest BCUT2D eigenvalue weighted by atomic mass is 9.97. The Morgan fingerprint density at radius 1 is 1.04 bits per heavy atom. The molecule has 0 saturated carbocycles. The molecule has 3 aromatic carbocycles. The number of aromatic nitrogens is 3. The molecular formula is C37H32F2N6O5S. The van der Waals surface area contributed by atoms with Gasteiger partial charge in [0, 0.05) is 60.5 Å². The Kier molecular flexibility index (Phi) is 7.42. The molecule has 0 radical (unpaired) electrons. The molecule has 0 spiro atoms. The van der Waals surface area contributed by atoms with Crippen LogP contribution in [-0.4, -0.2) is 77.7 Å². The maximum Gasteiger partial charge on any atom is 0.255 e. The van der Waals surface area contributed by atoms with E-state index in [1.54, 1.807) is 37.4 Å². The lowest BCUT2D eigenvalue weighted by molar-refractivity contribution is -0.0880. The largest absolute Gasteiger partial charge is 0.455 e. The number of hydrogen-bond donors (Lipinski definition) is 2. The molecule has 1 saturated heterocycles. The molecule has 260 valence electrons. The van der Waals surface area contributed by atoms with Crippen LogP contribution in [0.1, 0.15) is 23.1 Å². The van der Waals surface area contributed by atoms with Gasteiger partial charge in [0.05, 0.1) is 58.1 Å². The Balaban J connectivity index is 1.39. The van der Waals surface area contributed by atoms with E-state index in [1.807, 2.05) is 10.5 Å². The number of benzene rings is 3. The minimum Gasteiger partial charge on any atom is -0.455 e. The van der Waals surface area contributed by atoms with Gasteiger partial charge in [-0.3, -0.25) is 23.4 Å². The molecule has 8 rings (SSSR count). The molecule has 1 fully saturated rings. The van der Waals surface area contributed by atoms with Crippen LogP contribution in [0.4, 0.5) is 14.5 Å². The van der Waals surface area contributed by atoms with Crippen molar-refractivity contribution in [1.29, 1.82) is 0 Å². The molecule has 1 aliphatic heterocycles. The number of carbonyl (C=O) groups excluding carboxylic acids is 1. The predicted octanol–water partition coefficient (Wildman–Crippen LogP) is 5.72. The van der Waals surface area contributed by atoms with Gasteiger partial charge in [0.2, 0.25) is 10.0 Å². The second kappa shape index (κ2) is 11.5. The summed E-state index contributed by atoms with van der Waals surface area (Å²) in [6.45, 7) is 3.11. The number of halogens is 2. The molecule has 0 bridgehead atoms. The van der Waals surface area contributed by atoms with Gasteiger partial charge in [-0.25, -0.2) is 22.2 Å². The van der Waals surface area contributed by atoms with Crippen LogP contribution in [0, 0.1) is 11.6 Å². The normalized spacial score (nSPS) is 14.8. The highest BCUT2D eigenvalue weighted by atomic mass is 32.2. The van der Waals surface area contributed by atoms with E-state index < -0.39 is 33.2 Å². The summed E-state index contributed by atoms with van der Waals surface area (Å²) in [5, 5.41) is 14.4. The molecule has 0 unspecified atom stereocenters. The number of β-amino-alcohol motifs (C(OH)–C–C–N with tert-alkyl or cyclic N) is 1. The van der Waals surface area contributed by atoms with Crippen molar-refractivity contribution in [3.8, 4) is 22.6 Å². The summed E-state index contributed by atoms with van der Waals surface area (Å²) in [4.78, 5) is 25.1. The van der Waals surface area contributed by atoms with Crippen molar-refractivity contribution < 1.29 is 31.5 Å². The first-order valence-electron chi connectivity index (χ1n) is 16.1. The Morgan fingerprint density at radius 2 is 1.78 bits per heavy atom. The number of sulfonamides is 1. The van der Waals surface area contributed by atoms with Crippen LogP contribution in [-0.2, 0) is 16.6 Å². The molecule has 4 aromatic heterocycles. The van der Waals surface area contributed by atoms with Gasteiger partial charge in [-0.2, -0.15) is 0 Å². The third kappa shape index (κ3) is 5.46. The van der Waals surface area contributed by atoms with Gasteiger partial charge in [-0.1, -0.05) is 6.07 Å². The average Bonchev–Trinajstić information content (AvgIpc) is 3.66. The van der Waals surface area contributed by atoms with Gasteiger partial charge < -0.3 is 14.8 Å². The van der Waals surface area contributed by atoms with Crippen molar-refractivity contribution in [2.75, 3.05) is 37.7 Å². The number of likely N-dealkylation sites (tertiary alicyclic amines) is 1. The van der Waals surface area contributed by atoms with Gasteiger partial charge in [0.15, 0.2) is 0 Å². The summed E-state index contributed by atoms with van der Waals surface area (Å²) in [6.07, 6.45) is 2.66. The van der Waals surface area contributed by atoms with E-state index in [1.165, 1.54) is 50.5 Å². The fourth-order valence-electron chi connectivity index (χ4n) is 7.02. The highest BCUT2D eigenvalue weighted by Gasteiger charge is 2.37. The monoisotopic (exact) mass is 710 g/mol. The van der Waals surface area contributed by atoms with Crippen molar-refractivity contribution in [2.45, 2.75) is 19.1 Å². The fraction of sp³-hybridized carbons (Fsp3) is 0.216. The average molecular weight is 711 g/mol. The predicted molar refractivity (Wildman–Crippen MR) is 191 cm³/mol. The van der Waals surface area contributed by atoms with Crippen LogP contribution in [0.2, 0.25) is 0 Å². The summed E-state index contributed by atoms with van der Waals surface area (Å²) in [7, 11) is -0.906. The lowest BCUT2D eigenvalue weighted by Crippen LogP contribution is -2.59. The third-order valence-corrected chi connectivity index (χ3v) is 10.6. The molecule has 51 heavy (non-hydrogen) atoms. The zero-order valence-corrected chi connectivity index (χ0v) is 28.8. The quantitative estimate of drug-likeness (QED) is 0.215. The maximum atomic E-state index is 15.2. The van der Waals surface area contributed by atoms with Crippen LogP contribution >= 0.6 is 0 Å². The Labute approximate surface area is 290 Å². The number of amides is 1. The van der Waals surface area contributed by atoms with Crippen molar-refractivity contribution in [3.63, 3.8) is 0 Å². The highest BCUT2D eigenvalue weighted by Crippen LogP contribution is 2.42. The molecule has 1 amide bonds. The second-order valence-corrected chi connectivity index (χ2v) is 15.3. The molecule has 7 aromatic rings. The van der Waals surface area contributed by atoms with Gasteiger partial charge in [0.1, 0.15) is 28.8 Å². The van der Waals surface area contributed by atoms with E-state index in [9.17, 15) is 22.7 Å². The van der Waals surface area contributed by atoms with Crippen molar-refractivity contribution >= 4 is 59.9 Å². The summed E-state index contributed by atoms with van der Waals surface area (Å²) < 4.78 is 64.1. The number of rotatable bonds is 7. The van der Waals surface area contributed by atoms with Crippen LogP contribution < -0.4 is 9.62 Å². The van der Waals surface area contributed by atoms with E-state index >= 15 is 4.39 Å². The number of fused-ring (bicyclic) bond motifs is 6. The first kappa shape index (κ1) is 32.7. The molecule has 0 aliphatic carbocycles. The minimum atomic E-state index is -3.80. The summed E-state index contributed by atoms with van der Waals surface area (Å²) >= 11 is 0. The number of nitrogens with zero attached hydrogens (tertiary/aromatic N) is 5. The Bertz CT molecular complexity index is 2680. The maximum absolute atomic E-state index is 15.2. The zero-order chi connectivity index (χ0) is 36.0. The van der Waals surface area contributed by atoms with Crippen LogP contribution in [0.3, 0.4) is 0 Å². The zero-order valence-electron chi connectivity index (χ0n) is 28.0. The molecule has 0 atom stereocenters. The summed E-state index contributed by atoms with van der Waals surface area (Å²) in [5.41, 5.74) is 2.87. The standard InChI is InChI=1S/C37H32F2N6O5S/c1-37(47)18-44(19-37)17-33-42-28-16-41-27(13-24(28)31-14-22-26(39)6-5-7-29(22)45(31)33)23-12-25-32(15-30(23)43(3)51(4,48)49)50-35(34(25)36(46)40-2)20-8-10-21(38)11-9-20/h5-16,47H,17-19H2,1-4H3,(H,40,46). The fourth-order valence-corrected chi connectivity index (χ4v) is 7.52. The van der Waals surface area contributed by atoms with Crippen LogP contribution in [0.5, 0.6) is 0 Å². The Morgan fingerprint density at radius 3 is 2.47 bits per heavy atom. The summed E-state index contributed by atoms with van der Waals surface area (Å²) in [5.74, 6) is -0.480. The summed E-state index contributed by atoms with van der Waals surface area (Å²) in [6, 6.07) is 17.1. The molecule has 1 aliphatic rings. The number of anilines is 1. The molecular weight excluding hydrogens is 679 g/mol. The van der Waals surface area contributed by atoms with Gasteiger partial charge in [-0.05, 0) is 61.5 Å². The third-order valence-electron chi connectivity index (χ3n) is 9.43. The van der Waals surface area contributed by atoms with E-state index in [-0.39, 0.29) is 22.6 Å². The van der Waals surface area contributed by atoms with E-state index in [0.29, 0.717) is 75.0 Å². The minimum absolute atomic E-state index is 0.182. The number of aliphatic hydroxyl groups is 1. The molecule has 14 heteroatoms. The number of carbonyl (C=O) groups is 1. The van der Waals surface area contributed by atoms with Crippen LogP contribution in [0.15, 0.2) is 77.3 Å². The van der Waals surface area contributed by atoms with Crippen molar-refractivity contribution in [2.24, 2.45) is 0 Å². The molecule has 2 N–H and O–H groups in total. The lowest BCUT2D eigenvalue weighted by Gasteiger charge is -2.44. The van der Waals surface area contributed by atoms with Gasteiger partial charge in [-0.15, -0.1) is 0 Å². The van der Waals surface area contributed by atoms with Crippen molar-refractivity contribution in [3.05, 3.63) is 95.9 Å². The smallest absolute Gasteiger partial charge is 0.255 e. The first-order chi connectivity index (χ1) is 24.2. The highest BCUT2D eigenvalue weighted by molar-refractivity contribution is 7.92. The number of hydrogen-bond acceptors (Lipinski definition) is 8. The van der Waals surface area contributed by atoms with Crippen LogP contribution in [0.25, 0.3) is 60.9 Å². The second-order valence-electron chi connectivity index (χ2n) is 13.3. The van der Waals surface area contributed by atoms with Gasteiger partial charge >= 0.3 is 0 Å². The molecule has 5 heterocycles. The number of nitrogens with one attached hydrogen (secondary N) is 1.